The third-order valence-electron chi connectivity index (χ3n) is 6.02. The Hall–Kier alpha value is -3.46. The van der Waals surface area contributed by atoms with Crippen LogP contribution in [0.4, 0.5) is 10.5 Å². The number of carbonyl (C=O) groups excluding carboxylic acids is 3. The first kappa shape index (κ1) is 23.7. The van der Waals surface area contributed by atoms with Crippen molar-refractivity contribution in [3.63, 3.8) is 0 Å². The number of hydrogen-bond donors (Lipinski definition) is 0. The number of nitrogens with zero attached hydrogens (tertiary/aromatic N) is 3. The number of carbonyl (C=O) groups is 3. The van der Waals surface area contributed by atoms with Crippen molar-refractivity contribution in [2.75, 3.05) is 51.8 Å². The number of benzene rings is 2. The summed E-state index contributed by atoms with van der Waals surface area (Å²) in [6.07, 6.45) is 1.62. The van der Waals surface area contributed by atoms with Crippen LogP contribution in [0.5, 0.6) is 11.5 Å². The average Bonchev–Trinajstić information content (AvgIpc) is 3.12. The molecule has 0 aromatic heterocycles. The van der Waals surface area contributed by atoms with Crippen LogP contribution in [0, 0.1) is 6.92 Å². The van der Waals surface area contributed by atoms with Gasteiger partial charge in [0, 0.05) is 43.0 Å². The van der Waals surface area contributed by atoms with Gasteiger partial charge < -0.3 is 19.3 Å². The fourth-order valence-corrected chi connectivity index (χ4v) is 5.00. The minimum absolute atomic E-state index is 0.228. The summed E-state index contributed by atoms with van der Waals surface area (Å²) in [6, 6.07) is 13.6. The molecule has 2 saturated heterocycles. The molecule has 178 valence electrons. The van der Waals surface area contributed by atoms with Gasteiger partial charge in [0.05, 0.1) is 19.1 Å². The Kier molecular flexibility index (Phi) is 7.12. The first-order valence-electron chi connectivity index (χ1n) is 11.0. The van der Waals surface area contributed by atoms with E-state index < -0.39 is 11.1 Å². The summed E-state index contributed by atoms with van der Waals surface area (Å²) in [5.74, 6) is 0.537. The van der Waals surface area contributed by atoms with E-state index in [4.69, 9.17) is 9.47 Å². The van der Waals surface area contributed by atoms with Crippen molar-refractivity contribution in [3.8, 4) is 11.5 Å². The zero-order chi connectivity index (χ0) is 24.2. The molecule has 2 heterocycles. The molecule has 34 heavy (non-hydrogen) atoms. The van der Waals surface area contributed by atoms with Crippen LogP contribution in [0.2, 0.25) is 0 Å². The van der Waals surface area contributed by atoms with Crippen LogP contribution in [0.1, 0.15) is 11.1 Å². The second-order valence-electron chi connectivity index (χ2n) is 7.99. The molecule has 0 saturated carbocycles. The summed E-state index contributed by atoms with van der Waals surface area (Å²) in [5, 5.41) is -0.447. The van der Waals surface area contributed by atoms with Crippen molar-refractivity contribution >= 4 is 40.6 Å². The smallest absolute Gasteiger partial charge is 0.294 e. The molecular formula is C25H27N3O5S. The average molecular weight is 482 g/mol. The van der Waals surface area contributed by atoms with Gasteiger partial charge in [0.2, 0.25) is 5.91 Å². The lowest BCUT2D eigenvalue weighted by Gasteiger charge is -2.36. The highest BCUT2D eigenvalue weighted by Gasteiger charge is 2.37. The second kappa shape index (κ2) is 10.2. The molecule has 2 aliphatic rings. The molecule has 0 atom stereocenters. The van der Waals surface area contributed by atoms with Gasteiger partial charge in [-0.15, -0.1) is 0 Å². The van der Waals surface area contributed by atoms with Crippen LogP contribution >= 0.6 is 11.8 Å². The minimum atomic E-state index is -0.471. The monoisotopic (exact) mass is 481 g/mol. The maximum Gasteiger partial charge on any atom is 0.294 e. The van der Waals surface area contributed by atoms with Crippen molar-refractivity contribution in [2.45, 2.75) is 6.92 Å². The van der Waals surface area contributed by atoms with Gasteiger partial charge >= 0.3 is 0 Å². The first-order valence-corrected chi connectivity index (χ1v) is 11.8. The molecule has 2 fully saturated rings. The molecule has 3 amide bonds. The molecule has 2 aromatic carbocycles. The van der Waals surface area contributed by atoms with E-state index in [1.165, 1.54) is 0 Å². The Morgan fingerprint density at radius 3 is 2.35 bits per heavy atom. The molecular weight excluding hydrogens is 454 g/mol. The minimum Gasteiger partial charge on any atom is -0.496 e. The lowest BCUT2D eigenvalue weighted by Crippen LogP contribution is -2.51. The lowest BCUT2D eigenvalue weighted by atomic mass is 10.1. The molecule has 0 aliphatic carbocycles. The Morgan fingerprint density at radius 1 is 1.00 bits per heavy atom. The van der Waals surface area contributed by atoms with E-state index in [0.29, 0.717) is 43.2 Å². The fourth-order valence-electron chi connectivity index (χ4n) is 4.17. The van der Waals surface area contributed by atoms with Crippen molar-refractivity contribution in [3.05, 3.63) is 58.5 Å². The summed E-state index contributed by atoms with van der Waals surface area (Å²) in [4.78, 5) is 43.6. The topological polar surface area (TPSA) is 79.4 Å². The normalized spacial score (nSPS) is 17.5. The highest BCUT2D eigenvalue weighted by molar-refractivity contribution is 8.18. The maximum atomic E-state index is 13.0. The van der Waals surface area contributed by atoms with Gasteiger partial charge in [0.25, 0.3) is 11.1 Å². The zero-order valence-corrected chi connectivity index (χ0v) is 20.3. The zero-order valence-electron chi connectivity index (χ0n) is 19.4. The number of methoxy groups -OCH3 is 2. The van der Waals surface area contributed by atoms with Gasteiger partial charge in [-0.1, -0.05) is 18.2 Å². The van der Waals surface area contributed by atoms with Crippen molar-refractivity contribution in [1.82, 2.24) is 9.80 Å². The van der Waals surface area contributed by atoms with Crippen molar-refractivity contribution in [1.29, 1.82) is 0 Å². The van der Waals surface area contributed by atoms with Crippen LogP contribution in [0.3, 0.4) is 0 Å². The second-order valence-corrected chi connectivity index (χ2v) is 8.98. The van der Waals surface area contributed by atoms with Gasteiger partial charge in [-0.3, -0.25) is 19.3 Å². The summed E-state index contributed by atoms with van der Waals surface area (Å²) in [5.41, 5.74) is 2.58. The molecule has 4 rings (SSSR count). The number of piperazine rings is 1. The van der Waals surface area contributed by atoms with Gasteiger partial charge in [0.1, 0.15) is 18.0 Å². The molecule has 0 unspecified atom stereocenters. The molecule has 2 aliphatic heterocycles. The first-order chi connectivity index (χ1) is 16.4. The van der Waals surface area contributed by atoms with Crippen LogP contribution in [-0.4, -0.2) is 73.8 Å². The summed E-state index contributed by atoms with van der Waals surface area (Å²) in [6.45, 7) is 4.09. The molecule has 8 nitrogen and oxygen atoms in total. The van der Waals surface area contributed by atoms with E-state index in [-0.39, 0.29) is 17.4 Å². The largest absolute Gasteiger partial charge is 0.496 e. The number of ether oxygens (including phenoxy) is 2. The van der Waals surface area contributed by atoms with E-state index in [9.17, 15) is 14.4 Å². The number of thioether (sulfide) groups is 1. The quantitative estimate of drug-likeness (QED) is 0.585. The third kappa shape index (κ3) is 4.75. The summed E-state index contributed by atoms with van der Waals surface area (Å²) >= 11 is 0.831. The fraction of sp³-hybridized carbons (Fsp3) is 0.320. The predicted octanol–water partition coefficient (Wildman–Crippen LogP) is 3.40. The molecule has 0 N–H and O–H groups in total. The summed E-state index contributed by atoms with van der Waals surface area (Å²) < 4.78 is 10.8. The van der Waals surface area contributed by atoms with Crippen LogP contribution in [0.15, 0.2) is 47.4 Å². The Morgan fingerprint density at radius 2 is 1.71 bits per heavy atom. The Bertz CT molecular complexity index is 1130. The molecule has 2 aromatic rings. The van der Waals surface area contributed by atoms with Crippen LogP contribution in [-0.2, 0) is 9.59 Å². The number of rotatable bonds is 6. The van der Waals surface area contributed by atoms with E-state index in [1.807, 2.05) is 37.3 Å². The van der Waals surface area contributed by atoms with Gasteiger partial charge in [-0.2, -0.15) is 0 Å². The number of imide groups is 1. The van der Waals surface area contributed by atoms with Crippen molar-refractivity contribution < 1.29 is 23.9 Å². The lowest BCUT2D eigenvalue weighted by molar-refractivity contribution is -0.136. The Labute approximate surface area is 203 Å². The van der Waals surface area contributed by atoms with E-state index in [2.05, 4.69) is 4.90 Å². The van der Waals surface area contributed by atoms with Gasteiger partial charge in [-0.05, 0) is 49.0 Å². The number of anilines is 1. The molecule has 0 spiro atoms. The predicted molar refractivity (Wildman–Crippen MR) is 132 cm³/mol. The third-order valence-corrected chi connectivity index (χ3v) is 6.93. The highest BCUT2D eigenvalue weighted by atomic mass is 32.2. The number of amides is 3. The Balaban J connectivity index is 1.42. The highest BCUT2D eigenvalue weighted by Crippen LogP contribution is 2.37. The SMILES string of the molecule is COc1ccc(/C=C2/SC(=O)N(CC(=O)N3CCN(c4ccccc4)CC3)C2=O)c(OC)c1C. The van der Waals surface area contributed by atoms with Crippen LogP contribution < -0.4 is 14.4 Å². The number of para-hydroxylation sites is 1. The molecule has 0 radical (unpaired) electrons. The van der Waals surface area contributed by atoms with Gasteiger partial charge in [0.15, 0.2) is 0 Å². The maximum absolute atomic E-state index is 13.0. The molecule has 9 heteroatoms. The standard InChI is InChI=1S/C25H27N3O5S/c1-17-20(32-2)10-9-18(23(17)33-3)15-21-24(30)28(25(31)34-21)16-22(29)27-13-11-26(12-14-27)19-7-5-4-6-8-19/h4-10,15H,11-14,16H2,1-3H3/b21-15+. The molecule has 0 bridgehead atoms. The van der Waals surface area contributed by atoms with Crippen LogP contribution in [0.25, 0.3) is 6.08 Å². The van der Waals surface area contributed by atoms with E-state index in [1.54, 1.807) is 37.3 Å². The van der Waals surface area contributed by atoms with Gasteiger partial charge in [-0.25, -0.2) is 0 Å². The van der Waals surface area contributed by atoms with E-state index in [0.717, 1.165) is 27.9 Å². The van der Waals surface area contributed by atoms with Crippen molar-refractivity contribution in [2.24, 2.45) is 0 Å². The number of hydrogen-bond acceptors (Lipinski definition) is 7. The summed E-state index contributed by atoms with van der Waals surface area (Å²) in [7, 11) is 3.12. The van der Waals surface area contributed by atoms with E-state index >= 15 is 0 Å².